The van der Waals surface area contributed by atoms with Crippen molar-refractivity contribution in [2.45, 2.75) is 46.1 Å². The van der Waals surface area contributed by atoms with Crippen molar-refractivity contribution >= 4 is 5.69 Å². The molecule has 0 aromatic heterocycles. The topological polar surface area (TPSA) is 29.3 Å². The van der Waals surface area contributed by atoms with Gasteiger partial charge in [-0.25, -0.2) is 0 Å². The van der Waals surface area contributed by atoms with Gasteiger partial charge in [-0.3, -0.25) is 0 Å². The SMILES string of the molecule is CCN(c1cccc(C)c1)C1CC(C)CCC1CN. The average Bonchev–Trinajstić information content (AvgIpc) is 2.40. The van der Waals surface area contributed by atoms with Gasteiger partial charge in [-0.15, -0.1) is 0 Å². The number of hydrogen-bond donors (Lipinski definition) is 1. The first-order valence-electron chi connectivity index (χ1n) is 7.69. The van der Waals surface area contributed by atoms with E-state index in [9.17, 15) is 0 Å². The molecule has 0 saturated heterocycles. The van der Waals surface area contributed by atoms with Crippen LogP contribution in [0.5, 0.6) is 0 Å². The molecule has 1 saturated carbocycles. The molecule has 19 heavy (non-hydrogen) atoms. The van der Waals surface area contributed by atoms with E-state index in [0.717, 1.165) is 19.0 Å². The van der Waals surface area contributed by atoms with Crippen molar-refractivity contribution < 1.29 is 0 Å². The predicted molar refractivity (Wildman–Crippen MR) is 83.5 cm³/mol. The van der Waals surface area contributed by atoms with E-state index in [-0.39, 0.29) is 0 Å². The van der Waals surface area contributed by atoms with Gasteiger partial charge in [0.2, 0.25) is 0 Å². The summed E-state index contributed by atoms with van der Waals surface area (Å²) in [5.41, 5.74) is 8.71. The van der Waals surface area contributed by atoms with Gasteiger partial charge in [0.15, 0.2) is 0 Å². The Morgan fingerprint density at radius 1 is 1.32 bits per heavy atom. The molecule has 0 heterocycles. The summed E-state index contributed by atoms with van der Waals surface area (Å²) in [6.45, 7) is 8.69. The molecule has 3 atom stereocenters. The quantitative estimate of drug-likeness (QED) is 0.896. The zero-order valence-corrected chi connectivity index (χ0v) is 12.6. The van der Waals surface area contributed by atoms with Crippen LogP contribution in [-0.4, -0.2) is 19.1 Å². The normalized spacial score (nSPS) is 27.3. The molecule has 0 spiro atoms. The zero-order chi connectivity index (χ0) is 13.8. The molecule has 1 aliphatic rings. The Labute approximate surface area is 118 Å². The molecule has 2 rings (SSSR count). The van der Waals surface area contributed by atoms with Crippen LogP contribution in [0.3, 0.4) is 0 Å². The maximum Gasteiger partial charge on any atom is 0.0371 e. The van der Waals surface area contributed by atoms with Gasteiger partial charge in [0.1, 0.15) is 0 Å². The number of nitrogens with two attached hydrogens (primary N) is 1. The van der Waals surface area contributed by atoms with Crippen molar-refractivity contribution in [1.29, 1.82) is 0 Å². The molecule has 0 aliphatic heterocycles. The third-order valence-electron chi connectivity index (χ3n) is 4.60. The zero-order valence-electron chi connectivity index (χ0n) is 12.6. The number of nitrogens with zero attached hydrogens (tertiary/aromatic N) is 1. The Hall–Kier alpha value is -1.02. The van der Waals surface area contributed by atoms with Gasteiger partial charge >= 0.3 is 0 Å². The molecular formula is C17H28N2. The molecular weight excluding hydrogens is 232 g/mol. The first kappa shape index (κ1) is 14.4. The highest BCUT2D eigenvalue weighted by molar-refractivity contribution is 5.49. The van der Waals surface area contributed by atoms with Gasteiger partial charge in [0.25, 0.3) is 0 Å². The standard InChI is InChI=1S/C17H28N2/c1-4-19(16-7-5-6-13(2)10-16)17-11-14(3)8-9-15(17)12-18/h5-7,10,14-15,17H,4,8-9,11-12,18H2,1-3H3. The highest BCUT2D eigenvalue weighted by atomic mass is 15.2. The third kappa shape index (κ3) is 3.30. The van der Waals surface area contributed by atoms with Crippen molar-refractivity contribution in [3.05, 3.63) is 29.8 Å². The lowest BCUT2D eigenvalue weighted by Gasteiger charge is -2.42. The molecule has 1 aliphatic carbocycles. The van der Waals surface area contributed by atoms with Crippen molar-refractivity contribution in [3.63, 3.8) is 0 Å². The van der Waals surface area contributed by atoms with E-state index in [1.807, 2.05) is 0 Å². The van der Waals surface area contributed by atoms with E-state index in [1.54, 1.807) is 0 Å². The fourth-order valence-electron chi connectivity index (χ4n) is 3.49. The Bertz CT molecular complexity index is 402. The Kier molecular flexibility index (Phi) is 4.87. The molecule has 1 fully saturated rings. The fourth-order valence-corrected chi connectivity index (χ4v) is 3.49. The molecule has 1 aromatic carbocycles. The molecule has 1 aromatic rings. The third-order valence-corrected chi connectivity index (χ3v) is 4.60. The van der Waals surface area contributed by atoms with Crippen LogP contribution < -0.4 is 10.6 Å². The first-order valence-corrected chi connectivity index (χ1v) is 7.69. The highest BCUT2D eigenvalue weighted by Crippen LogP contribution is 2.34. The minimum atomic E-state index is 0.612. The molecule has 2 N–H and O–H groups in total. The number of aryl methyl sites for hydroxylation is 1. The monoisotopic (exact) mass is 260 g/mol. The largest absolute Gasteiger partial charge is 0.368 e. The van der Waals surface area contributed by atoms with Gasteiger partial charge in [-0.1, -0.05) is 25.5 Å². The summed E-state index contributed by atoms with van der Waals surface area (Å²) in [5, 5.41) is 0. The van der Waals surface area contributed by atoms with E-state index in [2.05, 4.69) is 49.9 Å². The van der Waals surface area contributed by atoms with E-state index in [1.165, 1.54) is 30.5 Å². The molecule has 0 amide bonds. The highest BCUT2D eigenvalue weighted by Gasteiger charge is 2.31. The lowest BCUT2D eigenvalue weighted by atomic mass is 9.78. The van der Waals surface area contributed by atoms with Crippen LogP contribution in [0.1, 0.15) is 38.7 Å². The Morgan fingerprint density at radius 2 is 2.11 bits per heavy atom. The summed E-state index contributed by atoms with van der Waals surface area (Å²) in [4.78, 5) is 2.57. The number of hydrogen-bond acceptors (Lipinski definition) is 2. The minimum Gasteiger partial charge on any atom is -0.368 e. The average molecular weight is 260 g/mol. The maximum atomic E-state index is 6.01. The summed E-state index contributed by atoms with van der Waals surface area (Å²) in [6.07, 6.45) is 3.90. The van der Waals surface area contributed by atoms with E-state index >= 15 is 0 Å². The van der Waals surface area contributed by atoms with Crippen LogP contribution in [0.2, 0.25) is 0 Å². The van der Waals surface area contributed by atoms with Gasteiger partial charge in [-0.2, -0.15) is 0 Å². The van der Waals surface area contributed by atoms with Crippen molar-refractivity contribution in [2.75, 3.05) is 18.0 Å². The molecule has 0 bridgehead atoms. The second-order valence-corrected chi connectivity index (χ2v) is 6.11. The summed E-state index contributed by atoms with van der Waals surface area (Å²) in [6, 6.07) is 9.48. The molecule has 2 nitrogen and oxygen atoms in total. The number of anilines is 1. The van der Waals surface area contributed by atoms with Crippen LogP contribution in [-0.2, 0) is 0 Å². The molecule has 2 heteroatoms. The fraction of sp³-hybridized carbons (Fsp3) is 0.647. The summed E-state index contributed by atoms with van der Waals surface area (Å²) in [5.74, 6) is 1.48. The molecule has 3 unspecified atom stereocenters. The second kappa shape index (κ2) is 6.42. The van der Waals surface area contributed by atoms with Crippen LogP contribution in [0.25, 0.3) is 0 Å². The summed E-state index contributed by atoms with van der Waals surface area (Å²) < 4.78 is 0. The van der Waals surface area contributed by atoms with Gasteiger partial charge in [0, 0.05) is 18.3 Å². The van der Waals surface area contributed by atoms with Crippen LogP contribution in [0, 0.1) is 18.8 Å². The van der Waals surface area contributed by atoms with Crippen LogP contribution in [0.15, 0.2) is 24.3 Å². The number of rotatable bonds is 4. The van der Waals surface area contributed by atoms with Crippen LogP contribution >= 0.6 is 0 Å². The van der Waals surface area contributed by atoms with Crippen molar-refractivity contribution in [2.24, 2.45) is 17.6 Å². The van der Waals surface area contributed by atoms with E-state index in [4.69, 9.17) is 5.73 Å². The van der Waals surface area contributed by atoms with Crippen LogP contribution in [0.4, 0.5) is 5.69 Å². The minimum absolute atomic E-state index is 0.612. The second-order valence-electron chi connectivity index (χ2n) is 6.11. The van der Waals surface area contributed by atoms with Gasteiger partial charge in [0.05, 0.1) is 0 Å². The van der Waals surface area contributed by atoms with Gasteiger partial charge in [-0.05, 0) is 62.8 Å². The summed E-state index contributed by atoms with van der Waals surface area (Å²) in [7, 11) is 0. The number of benzene rings is 1. The first-order chi connectivity index (χ1) is 9.15. The van der Waals surface area contributed by atoms with E-state index < -0.39 is 0 Å². The summed E-state index contributed by atoms with van der Waals surface area (Å²) >= 11 is 0. The molecule has 0 radical (unpaired) electrons. The van der Waals surface area contributed by atoms with Crippen molar-refractivity contribution in [3.8, 4) is 0 Å². The van der Waals surface area contributed by atoms with Gasteiger partial charge < -0.3 is 10.6 Å². The van der Waals surface area contributed by atoms with E-state index in [0.29, 0.717) is 12.0 Å². The smallest absolute Gasteiger partial charge is 0.0371 e. The van der Waals surface area contributed by atoms with Crippen molar-refractivity contribution in [1.82, 2.24) is 0 Å². The maximum absolute atomic E-state index is 6.01. The Morgan fingerprint density at radius 3 is 2.74 bits per heavy atom. The molecule has 106 valence electrons. The lowest BCUT2D eigenvalue weighted by Crippen LogP contribution is -2.46. The predicted octanol–water partition coefficient (Wildman–Crippen LogP) is 3.58. The Balaban J connectivity index is 2.23. The lowest BCUT2D eigenvalue weighted by molar-refractivity contribution is 0.245.